The van der Waals surface area contributed by atoms with Gasteiger partial charge in [0.05, 0.1) is 5.92 Å². The maximum atomic E-state index is 11.0. The number of carboxylic acids is 1. The summed E-state index contributed by atoms with van der Waals surface area (Å²) in [6.07, 6.45) is 6.96. The molecular formula is C11H17NO3. The second kappa shape index (κ2) is 5.53. The molecule has 0 radical (unpaired) electrons. The van der Waals surface area contributed by atoms with E-state index in [1.165, 1.54) is 6.92 Å². The lowest BCUT2D eigenvalue weighted by molar-refractivity contribution is -0.143. The van der Waals surface area contributed by atoms with Gasteiger partial charge in [0.1, 0.15) is 0 Å². The average Bonchev–Trinajstić information content (AvgIpc) is 2.08. The summed E-state index contributed by atoms with van der Waals surface area (Å²) in [4.78, 5) is 22.0. The van der Waals surface area contributed by atoms with Crippen LogP contribution in [0.4, 0.5) is 0 Å². The highest BCUT2D eigenvalue weighted by Gasteiger charge is 2.28. The van der Waals surface area contributed by atoms with Gasteiger partial charge in [0, 0.05) is 13.0 Å². The van der Waals surface area contributed by atoms with Gasteiger partial charge in [-0.1, -0.05) is 12.2 Å². The Hall–Kier alpha value is -1.32. The summed E-state index contributed by atoms with van der Waals surface area (Å²) in [7, 11) is 0. The molecule has 0 saturated heterocycles. The molecule has 0 bridgehead atoms. The smallest absolute Gasteiger partial charge is 0.308 e. The molecule has 15 heavy (non-hydrogen) atoms. The predicted octanol–water partition coefficient (Wildman–Crippen LogP) is 1.32. The maximum Gasteiger partial charge on any atom is 0.308 e. The monoisotopic (exact) mass is 211 g/mol. The number of carboxylic acid groups (broad SMARTS) is 1. The molecule has 0 aromatic carbocycles. The average molecular weight is 211 g/mol. The number of rotatable bonds is 2. The number of allylic oxidation sites excluding steroid dienone is 2. The van der Waals surface area contributed by atoms with E-state index in [0.29, 0.717) is 12.8 Å². The largest absolute Gasteiger partial charge is 0.481 e. The maximum absolute atomic E-state index is 11.0. The first-order chi connectivity index (χ1) is 7.11. The molecule has 84 valence electrons. The first-order valence-corrected chi connectivity index (χ1v) is 5.26. The Kier molecular flexibility index (Phi) is 4.34. The number of nitrogens with one attached hydrogen (secondary N) is 1. The van der Waals surface area contributed by atoms with Crippen LogP contribution >= 0.6 is 0 Å². The van der Waals surface area contributed by atoms with E-state index in [1.807, 2.05) is 12.2 Å². The molecule has 2 atom stereocenters. The van der Waals surface area contributed by atoms with Gasteiger partial charge in [-0.25, -0.2) is 0 Å². The van der Waals surface area contributed by atoms with Gasteiger partial charge in [0.25, 0.3) is 0 Å². The Labute approximate surface area is 89.4 Å². The highest BCUT2D eigenvalue weighted by Crippen LogP contribution is 2.19. The summed E-state index contributed by atoms with van der Waals surface area (Å²) in [6.45, 7) is 1.42. The molecule has 0 fully saturated rings. The van der Waals surface area contributed by atoms with E-state index in [4.69, 9.17) is 5.11 Å². The van der Waals surface area contributed by atoms with Crippen LogP contribution in [0.5, 0.6) is 0 Å². The Morgan fingerprint density at radius 2 is 1.87 bits per heavy atom. The van der Waals surface area contributed by atoms with E-state index in [0.717, 1.165) is 12.8 Å². The molecule has 1 amide bonds. The normalized spacial score (nSPS) is 28.6. The van der Waals surface area contributed by atoms with E-state index in [2.05, 4.69) is 5.32 Å². The highest BCUT2D eigenvalue weighted by atomic mass is 16.4. The van der Waals surface area contributed by atoms with Crippen molar-refractivity contribution < 1.29 is 14.7 Å². The van der Waals surface area contributed by atoms with Gasteiger partial charge >= 0.3 is 5.97 Å². The molecule has 4 heteroatoms. The van der Waals surface area contributed by atoms with Crippen LogP contribution in [0.1, 0.15) is 32.6 Å². The van der Waals surface area contributed by atoms with E-state index >= 15 is 0 Å². The number of amides is 1. The zero-order valence-corrected chi connectivity index (χ0v) is 8.90. The summed E-state index contributed by atoms with van der Waals surface area (Å²) in [5.74, 6) is -1.43. The Morgan fingerprint density at radius 3 is 2.40 bits per heavy atom. The van der Waals surface area contributed by atoms with Gasteiger partial charge in [-0.2, -0.15) is 0 Å². The fourth-order valence-corrected chi connectivity index (χ4v) is 1.92. The first-order valence-electron chi connectivity index (χ1n) is 5.26. The van der Waals surface area contributed by atoms with Crippen molar-refractivity contribution in [3.8, 4) is 0 Å². The number of carbonyl (C=O) groups is 2. The molecule has 1 rings (SSSR count). The molecule has 0 aromatic rings. The SMILES string of the molecule is CC(=O)N[C@@H]1CC/C=C\CC[C@@H]1C(=O)O. The number of hydrogen-bond acceptors (Lipinski definition) is 2. The fraction of sp³-hybridized carbons (Fsp3) is 0.636. The van der Waals surface area contributed by atoms with Gasteiger partial charge in [-0.05, 0) is 25.7 Å². The van der Waals surface area contributed by atoms with Gasteiger partial charge < -0.3 is 10.4 Å². The van der Waals surface area contributed by atoms with Crippen LogP contribution in [0.3, 0.4) is 0 Å². The molecule has 0 unspecified atom stereocenters. The van der Waals surface area contributed by atoms with Gasteiger partial charge in [0.15, 0.2) is 0 Å². The topological polar surface area (TPSA) is 66.4 Å². The minimum Gasteiger partial charge on any atom is -0.481 e. The van der Waals surface area contributed by atoms with Crippen molar-refractivity contribution in [2.24, 2.45) is 5.92 Å². The Bertz CT molecular complexity index is 273. The summed E-state index contributed by atoms with van der Waals surface area (Å²) in [5.41, 5.74) is 0. The van der Waals surface area contributed by atoms with Crippen LogP contribution in [0.15, 0.2) is 12.2 Å². The Balaban J connectivity index is 2.70. The minimum absolute atomic E-state index is 0.157. The molecule has 0 spiro atoms. The van der Waals surface area contributed by atoms with Crippen LogP contribution < -0.4 is 5.32 Å². The molecule has 0 aromatic heterocycles. The molecule has 0 saturated carbocycles. The van der Waals surface area contributed by atoms with Gasteiger partial charge in [-0.3, -0.25) is 9.59 Å². The predicted molar refractivity (Wildman–Crippen MR) is 56.3 cm³/mol. The molecule has 1 aliphatic rings. The van der Waals surface area contributed by atoms with Gasteiger partial charge in [-0.15, -0.1) is 0 Å². The highest BCUT2D eigenvalue weighted by molar-refractivity contribution is 5.76. The zero-order chi connectivity index (χ0) is 11.3. The Morgan fingerprint density at radius 1 is 1.27 bits per heavy atom. The first kappa shape index (κ1) is 11.8. The lowest BCUT2D eigenvalue weighted by Gasteiger charge is -2.25. The quantitative estimate of drug-likeness (QED) is 0.677. The lowest BCUT2D eigenvalue weighted by atomic mass is 9.89. The second-order valence-corrected chi connectivity index (χ2v) is 3.88. The fourth-order valence-electron chi connectivity index (χ4n) is 1.92. The molecule has 0 aliphatic heterocycles. The molecule has 4 nitrogen and oxygen atoms in total. The standard InChI is InChI=1S/C11H17NO3/c1-8(13)12-10-7-5-3-2-4-6-9(10)11(14)15/h2-3,9-10H,4-7H2,1H3,(H,12,13)(H,14,15)/b3-2-/t9-,10+/m0/s1. The summed E-state index contributed by atoms with van der Waals surface area (Å²) >= 11 is 0. The van der Waals surface area contributed by atoms with Crippen molar-refractivity contribution in [2.45, 2.75) is 38.6 Å². The van der Waals surface area contributed by atoms with Crippen LogP contribution in [-0.4, -0.2) is 23.0 Å². The molecule has 0 heterocycles. The number of carbonyl (C=O) groups excluding carboxylic acids is 1. The van der Waals surface area contributed by atoms with E-state index in [1.54, 1.807) is 0 Å². The van der Waals surface area contributed by atoms with Crippen molar-refractivity contribution >= 4 is 11.9 Å². The van der Waals surface area contributed by atoms with Crippen molar-refractivity contribution in [1.82, 2.24) is 5.32 Å². The lowest BCUT2D eigenvalue weighted by Crippen LogP contribution is -2.42. The van der Waals surface area contributed by atoms with E-state index in [9.17, 15) is 9.59 Å². The summed E-state index contributed by atoms with van der Waals surface area (Å²) < 4.78 is 0. The van der Waals surface area contributed by atoms with Crippen molar-refractivity contribution in [3.05, 3.63) is 12.2 Å². The number of hydrogen-bond donors (Lipinski definition) is 2. The second-order valence-electron chi connectivity index (χ2n) is 3.88. The minimum atomic E-state index is -0.816. The van der Waals surface area contributed by atoms with Crippen molar-refractivity contribution in [2.75, 3.05) is 0 Å². The van der Waals surface area contributed by atoms with E-state index < -0.39 is 11.9 Å². The molecule has 1 aliphatic carbocycles. The van der Waals surface area contributed by atoms with Crippen molar-refractivity contribution in [3.63, 3.8) is 0 Å². The van der Waals surface area contributed by atoms with Crippen LogP contribution in [-0.2, 0) is 9.59 Å². The van der Waals surface area contributed by atoms with Crippen LogP contribution in [0.25, 0.3) is 0 Å². The van der Waals surface area contributed by atoms with E-state index in [-0.39, 0.29) is 11.9 Å². The molecule has 2 N–H and O–H groups in total. The third-order valence-electron chi connectivity index (χ3n) is 2.65. The van der Waals surface area contributed by atoms with Crippen LogP contribution in [0.2, 0.25) is 0 Å². The van der Waals surface area contributed by atoms with Crippen molar-refractivity contribution in [1.29, 1.82) is 0 Å². The molecular weight excluding hydrogens is 194 g/mol. The third kappa shape index (κ3) is 3.73. The summed E-state index contributed by atoms with van der Waals surface area (Å²) in [5, 5.41) is 11.8. The third-order valence-corrected chi connectivity index (χ3v) is 2.65. The summed E-state index contributed by atoms with van der Waals surface area (Å²) in [6, 6.07) is -0.232. The van der Waals surface area contributed by atoms with Gasteiger partial charge in [0.2, 0.25) is 5.91 Å². The van der Waals surface area contributed by atoms with Crippen LogP contribution in [0, 0.1) is 5.92 Å². The zero-order valence-electron chi connectivity index (χ0n) is 8.90. The number of aliphatic carboxylic acids is 1.